The zero-order valence-corrected chi connectivity index (χ0v) is 18.0. The van der Waals surface area contributed by atoms with Crippen molar-refractivity contribution in [1.82, 2.24) is 0 Å². The number of carbonyl (C=O) groups is 2. The number of ether oxygens (including phenoxy) is 2. The first-order chi connectivity index (χ1) is 13.3. The summed E-state index contributed by atoms with van der Waals surface area (Å²) in [7, 11) is 0.988. The van der Waals surface area contributed by atoms with E-state index >= 15 is 0 Å². The second-order valence-electron chi connectivity index (χ2n) is 7.78. The third-order valence-corrected chi connectivity index (χ3v) is 10.6. The number of hydrogen-bond acceptors (Lipinski definition) is 4. The molecule has 2 aromatic carbocycles. The average molecular weight is 398 g/mol. The van der Waals surface area contributed by atoms with Crippen LogP contribution in [-0.2, 0) is 14.3 Å². The number of esters is 1. The van der Waals surface area contributed by atoms with Crippen molar-refractivity contribution in [3.05, 3.63) is 54.6 Å². The molecule has 0 saturated carbocycles. The molecule has 0 bridgehead atoms. The third-order valence-electron chi connectivity index (χ3n) is 6.13. The fourth-order valence-corrected chi connectivity index (χ4v) is 6.78. The van der Waals surface area contributed by atoms with Gasteiger partial charge in [0.05, 0.1) is 28.2 Å². The Morgan fingerprint density at radius 2 is 1.64 bits per heavy atom. The van der Waals surface area contributed by atoms with Gasteiger partial charge in [-0.25, -0.2) is 4.79 Å². The first-order valence-corrected chi connectivity index (χ1v) is 12.5. The molecule has 28 heavy (non-hydrogen) atoms. The summed E-state index contributed by atoms with van der Waals surface area (Å²) < 4.78 is 10.2. The summed E-state index contributed by atoms with van der Waals surface area (Å²) in [6.45, 7) is 6.61. The van der Waals surface area contributed by atoms with Gasteiger partial charge in [-0.05, 0) is 29.8 Å². The highest BCUT2D eigenvalue weighted by Crippen LogP contribution is 2.44. The largest absolute Gasteiger partial charge is 0.497 e. The van der Waals surface area contributed by atoms with Gasteiger partial charge in [0.25, 0.3) is 0 Å². The van der Waals surface area contributed by atoms with Crippen molar-refractivity contribution < 1.29 is 19.1 Å². The fourth-order valence-electron chi connectivity index (χ4n) is 3.98. The van der Waals surface area contributed by atoms with Crippen molar-refractivity contribution in [3.8, 4) is 5.75 Å². The zero-order valence-electron chi connectivity index (χ0n) is 17.0. The Bertz CT molecular complexity index is 851. The SMILES string of the molecule is COC(=O)[C@@H]1[C@H]([C@@H](C)[Si](C)(C)c2ccccc2)C(=O)N1c1ccc(OC)cc1. The van der Waals surface area contributed by atoms with Crippen LogP contribution >= 0.6 is 0 Å². The number of benzene rings is 2. The third kappa shape index (κ3) is 3.33. The molecule has 1 amide bonds. The molecule has 2 aromatic rings. The van der Waals surface area contributed by atoms with Crippen LogP contribution in [0, 0.1) is 5.92 Å². The van der Waals surface area contributed by atoms with E-state index in [1.54, 1.807) is 36.3 Å². The van der Waals surface area contributed by atoms with Crippen molar-refractivity contribution in [2.45, 2.75) is 31.6 Å². The van der Waals surface area contributed by atoms with E-state index in [0.29, 0.717) is 11.4 Å². The number of β-lactam (4-membered cyclic amide) rings is 1. The molecule has 3 rings (SSSR count). The van der Waals surface area contributed by atoms with Crippen LogP contribution in [0.5, 0.6) is 5.75 Å². The summed E-state index contributed by atoms with van der Waals surface area (Å²) in [5.74, 6) is -0.0694. The van der Waals surface area contributed by atoms with Crippen molar-refractivity contribution in [2.75, 3.05) is 19.1 Å². The van der Waals surface area contributed by atoms with Crippen LogP contribution in [-0.4, -0.2) is 40.2 Å². The number of hydrogen-bond donors (Lipinski definition) is 0. The van der Waals surface area contributed by atoms with Gasteiger partial charge < -0.3 is 9.47 Å². The van der Waals surface area contributed by atoms with Gasteiger partial charge in [-0.1, -0.05) is 55.5 Å². The number of carbonyl (C=O) groups excluding carboxylic acids is 2. The van der Waals surface area contributed by atoms with Crippen LogP contribution in [0.15, 0.2) is 54.6 Å². The Hall–Kier alpha value is -2.60. The second-order valence-corrected chi connectivity index (χ2v) is 12.7. The van der Waals surface area contributed by atoms with Crippen LogP contribution in [0.25, 0.3) is 0 Å². The Labute approximate surface area is 167 Å². The van der Waals surface area contributed by atoms with Gasteiger partial charge in [0.2, 0.25) is 5.91 Å². The van der Waals surface area contributed by atoms with E-state index in [0.717, 1.165) is 0 Å². The lowest BCUT2D eigenvalue weighted by Crippen LogP contribution is -2.69. The van der Waals surface area contributed by atoms with Gasteiger partial charge >= 0.3 is 5.97 Å². The van der Waals surface area contributed by atoms with Crippen LogP contribution in [0.1, 0.15) is 6.92 Å². The maximum Gasteiger partial charge on any atom is 0.329 e. The quantitative estimate of drug-likeness (QED) is 0.427. The maximum atomic E-state index is 13.2. The molecule has 5 nitrogen and oxygen atoms in total. The number of nitrogens with zero attached hydrogens (tertiary/aromatic N) is 1. The molecule has 0 spiro atoms. The molecule has 1 aliphatic heterocycles. The highest BCUT2D eigenvalue weighted by atomic mass is 28.3. The fraction of sp³-hybridized carbons (Fsp3) is 0.364. The van der Waals surface area contributed by atoms with Crippen molar-refractivity contribution in [3.63, 3.8) is 0 Å². The Morgan fingerprint density at radius 3 is 2.18 bits per heavy atom. The van der Waals surface area contributed by atoms with Gasteiger partial charge in [-0.2, -0.15) is 0 Å². The maximum absolute atomic E-state index is 13.2. The minimum absolute atomic E-state index is 0.0235. The summed E-state index contributed by atoms with van der Waals surface area (Å²) >= 11 is 0. The normalized spacial score (nSPS) is 20.3. The molecular weight excluding hydrogens is 370 g/mol. The lowest BCUT2D eigenvalue weighted by Gasteiger charge is -2.50. The summed E-state index contributed by atoms with van der Waals surface area (Å²) in [6.07, 6.45) is 0. The molecule has 6 heteroatoms. The minimum atomic E-state index is -1.98. The van der Waals surface area contributed by atoms with Crippen LogP contribution in [0.2, 0.25) is 18.6 Å². The van der Waals surface area contributed by atoms with Gasteiger partial charge in [0.1, 0.15) is 11.8 Å². The van der Waals surface area contributed by atoms with E-state index in [1.807, 2.05) is 18.2 Å². The lowest BCUT2D eigenvalue weighted by atomic mass is 9.84. The van der Waals surface area contributed by atoms with Gasteiger partial charge in [-0.15, -0.1) is 0 Å². The predicted molar refractivity (Wildman–Crippen MR) is 113 cm³/mol. The summed E-state index contributed by atoms with van der Waals surface area (Å²) in [5, 5.41) is 1.28. The molecule has 0 aliphatic carbocycles. The standard InChI is InChI=1S/C22H27NO4Si/c1-15(28(4,5)18-9-7-6-8-10-18)19-20(22(25)27-3)23(21(19)24)16-11-13-17(26-2)14-12-16/h6-15,19-20H,1-5H3/t15-,19+,20+/m1/s1. The van der Waals surface area contributed by atoms with Crippen molar-refractivity contribution in [2.24, 2.45) is 5.92 Å². The summed E-state index contributed by atoms with van der Waals surface area (Å²) in [6, 6.07) is 16.9. The molecule has 1 saturated heterocycles. The molecule has 0 aromatic heterocycles. The number of methoxy groups -OCH3 is 2. The Morgan fingerprint density at radius 1 is 1.04 bits per heavy atom. The number of amides is 1. The molecule has 1 fully saturated rings. The lowest BCUT2D eigenvalue weighted by molar-refractivity contribution is -0.152. The monoisotopic (exact) mass is 397 g/mol. The Balaban J connectivity index is 1.92. The van der Waals surface area contributed by atoms with E-state index in [1.165, 1.54) is 12.3 Å². The molecule has 0 N–H and O–H groups in total. The Kier molecular flexibility index (Phi) is 5.61. The van der Waals surface area contributed by atoms with Gasteiger partial charge in [0.15, 0.2) is 0 Å². The van der Waals surface area contributed by atoms with E-state index in [9.17, 15) is 9.59 Å². The molecule has 1 aliphatic rings. The average Bonchev–Trinajstić information content (AvgIpc) is 2.72. The van der Waals surface area contributed by atoms with E-state index in [2.05, 4.69) is 32.2 Å². The van der Waals surface area contributed by atoms with Crippen LogP contribution < -0.4 is 14.8 Å². The van der Waals surface area contributed by atoms with E-state index in [4.69, 9.17) is 9.47 Å². The first kappa shape index (κ1) is 20.1. The molecule has 1 heterocycles. The zero-order chi connectivity index (χ0) is 20.5. The molecule has 148 valence electrons. The summed E-state index contributed by atoms with van der Waals surface area (Å²) in [5.41, 5.74) is 0.768. The molecule has 0 unspecified atom stereocenters. The van der Waals surface area contributed by atoms with Crippen molar-refractivity contribution in [1.29, 1.82) is 0 Å². The first-order valence-electron chi connectivity index (χ1n) is 9.43. The van der Waals surface area contributed by atoms with Crippen LogP contribution in [0.3, 0.4) is 0 Å². The highest BCUT2D eigenvalue weighted by Gasteiger charge is 2.58. The van der Waals surface area contributed by atoms with E-state index < -0.39 is 14.1 Å². The van der Waals surface area contributed by atoms with E-state index in [-0.39, 0.29) is 23.3 Å². The summed E-state index contributed by atoms with van der Waals surface area (Å²) in [4.78, 5) is 27.3. The minimum Gasteiger partial charge on any atom is -0.497 e. The molecule has 3 atom stereocenters. The second kappa shape index (κ2) is 7.79. The topological polar surface area (TPSA) is 55.8 Å². The van der Waals surface area contributed by atoms with Crippen LogP contribution in [0.4, 0.5) is 5.69 Å². The number of anilines is 1. The number of rotatable bonds is 6. The predicted octanol–water partition coefficient (Wildman–Crippen LogP) is 3.21. The smallest absolute Gasteiger partial charge is 0.329 e. The van der Waals surface area contributed by atoms with Gasteiger partial charge in [0, 0.05) is 5.69 Å². The molecule has 0 radical (unpaired) electrons. The highest BCUT2D eigenvalue weighted by molar-refractivity contribution is 6.91. The van der Waals surface area contributed by atoms with Gasteiger partial charge in [-0.3, -0.25) is 9.69 Å². The van der Waals surface area contributed by atoms with Crippen molar-refractivity contribution >= 4 is 30.8 Å². The molecular formula is C22H27NO4Si.